The van der Waals surface area contributed by atoms with Gasteiger partial charge in [-0.3, -0.25) is 0 Å². The molecule has 0 spiro atoms. The summed E-state index contributed by atoms with van der Waals surface area (Å²) in [5, 5.41) is 0. The van der Waals surface area contributed by atoms with Gasteiger partial charge in [0.15, 0.2) is 0 Å². The maximum atomic E-state index is 4.36. The van der Waals surface area contributed by atoms with E-state index in [4.69, 9.17) is 0 Å². The van der Waals surface area contributed by atoms with E-state index in [1.54, 1.807) is 68.0 Å². The molecule has 12 heteroatoms. The molecule has 12 rings (SSSR count). The Labute approximate surface area is 519 Å². The average molecular weight is 1220 g/mol. The fourth-order valence-corrected chi connectivity index (χ4v) is 13.3. The average Bonchev–Trinajstić information content (AvgIpc) is 4.38. The van der Waals surface area contributed by atoms with Crippen molar-refractivity contribution in [1.82, 2.24) is 29.9 Å². The number of nitrogens with zero attached hydrogens (tertiary/aromatic N) is 6. The SMILES string of the molecule is CC.CC.CC.CC.CC.CC.Cc1cc(C)c2ncsc2c1C.Cc1cc(C)c2scnc2c1C.Cc1cc2ncsc2c(C)c1C.Cc1cc2ncsc2c(C)c1C.Cc1ccc(C)c2scnc12.Cc1ccc2ncsc2c1C. The van der Waals surface area contributed by atoms with Crippen molar-refractivity contribution in [1.29, 1.82) is 0 Å². The lowest BCUT2D eigenvalue weighted by molar-refractivity contribution is 1.29. The Bertz CT molecular complexity index is 3560. The topological polar surface area (TPSA) is 77.3 Å². The highest BCUT2D eigenvalue weighted by molar-refractivity contribution is 7.18. The number of aryl methyl sites for hydroxylation is 14. The summed E-state index contributed by atoms with van der Waals surface area (Å²) in [6.45, 7) is 58.3. The molecule has 0 saturated heterocycles. The minimum absolute atomic E-state index is 1.12. The molecule has 6 heterocycles. The van der Waals surface area contributed by atoms with Crippen molar-refractivity contribution in [2.45, 2.75) is 194 Å². The summed E-state index contributed by atoms with van der Waals surface area (Å²) in [7, 11) is 0. The predicted molar refractivity (Wildman–Crippen MR) is 382 cm³/mol. The Kier molecular flexibility index (Phi) is 35.1. The fraction of sp³-hybridized carbons (Fsp3) is 0.400. The smallest absolute Gasteiger partial charge is 0.0846 e. The van der Waals surface area contributed by atoms with Crippen LogP contribution in [-0.2, 0) is 0 Å². The zero-order valence-corrected chi connectivity index (χ0v) is 60.1. The van der Waals surface area contributed by atoms with Crippen molar-refractivity contribution in [3.63, 3.8) is 0 Å². The number of fused-ring (bicyclic) bond motifs is 6. The molecule has 0 bridgehead atoms. The van der Waals surface area contributed by atoms with E-state index >= 15 is 0 Å². The van der Waals surface area contributed by atoms with Crippen LogP contribution in [0.15, 0.2) is 81.6 Å². The second-order valence-corrected chi connectivity index (χ2v) is 23.2. The van der Waals surface area contributed by atoms with E-state index in [-0.39, 0.29) is 0 Å². The Hall–Kier alpha value is -5.34. The molecule has 0 aliphatic heterocycles. The Morgan fingerprint density at radius 3 is 0.976 bits per heavy atom. The molecule has 0 aliphatic carbocycles. The second kappa shape index (κ2) is 38.5. The molecular formula is C70H98N6S6. The quantitative estimate of drug-likeness (QED) is 0.151. The highest BCUT2D eigenvalue weighted by Gasteiger charge is 2.09. The molecule has 6 aromatic heterocycles. The van der Waals surface area contributed by atoms with Gasteiger partial charge in [-0.2, -0.15) is 0 Å². The third-order valence-corrected chi connectivity index (χ3v) is 19.2. The van der Waals surface area contributed by atoms with Crippen LogP contribution < -0.4 is 0 Å². The summed E-state index contributed by atoms with van der Waals surface area (Å²) in [5.41, 5.74) is 40.0. The lowest BCUT2D eigenvalue weighted by atomic mass is 10.0. The van der Waals surface area contributed by atoms with Gasteiger partial charge in [0.2, 0.25) is 0 Å². The lowest BCUT2D eigenvalue weighted by Gasteiger charge is -2.04. The molecule has 0 amide bonds. The molecule has 444 valence electrons. The zero-order chi connectivity index (χ0) is 62.6. The van der Waals surface area contributed by atoms with Gasteiger partial charge < -0.3 is 0 Å². The molecule has 82 heavy (non-hydrogen) atoms. The number of hydrogen-bond donors (Lipinski definition) is 0. The van der Waals surface area contributed by atoms with Crippen molar-refractivity contribution >= 4 is 129 Å². The number of aromatic nitrogens is 6. The van der Waals surface area contributed by atoms with Crippen LogP contribution in [0.25, 0.3) is 61.3 Å². The fourth-order valence-electron chi connectivity index (χ4n) is 8.16. The van der Waals surface area contributed by atoms with Crippen LogP contribution in [0.3, 0.4) is 0 Å². The molecule has 6 aromatic carbocycles. The summed E-state index contributed by atoms with van der Waals surface area (Å²) in [6.07, 6.45) is 0. The molecule has 0 N–H and O–H groups in total. The number of rotatable bonds is 0. The number of hydrogen-bond acceptors (Lipinski definition) is 12. The van der Waals surface area contributed by atoms with Crippen molar-refractivity contribution in [3.05, 3.63) is 171 Å². The van der Waals surface area contributed by atoms with Crippen LogP contribution in [0.2, 0.25) is 0 Å². The van der Waals surface area contributed by atoms with Crippen molar-refractivity contribution in [2.75, 3.05) is 0 Å². The first-order chi connectivity index (χ1) is 39.4. The van der Waals surface area contributed by atoms with E-state index in [0.717, 1.165) is 22.1 Å². The molecular weight excluding hydrogens is 1120 g/mol. The van der Waals surface area contributed by atoms with Crippen molar-refractivity contribution < 1.29 is 0 Å². The van der Waals surface area contributed by atoms with E-state index in [1.165, 1.54) is 128 Å². The number of thiazole rings is 6. The lowest BCUT2D eigenvalue weighted by Crippen LogP contribution is -1.85. The van der Waals surface area contributed by atoms with Gasteiger partial charge in [0, 0.05) is 0 Å². The minimum atomic E-state index is 1.12. The monoisotopic (exact) mass is 1210 g/mol. The first-order valence-electron chi connectivity index (χ1n) is 29.2. The van der Waals surface area contributed by atoms with Gasteiger partial charge in [-0.1, -0.05) is 113 Å². The molecule has 0 atom stereocenters. The van der Waals surface area contributed by atoms with Gasteiger partial charge in [-0.15, -0.1) is 68.0 Å². The first kappa shape index (κ1) is 74.7. The van der Waals surface area contributed by atoms with Gasteiger partial charge in [0.25, 0.3) is 0 Å². The van der Waals surface area contributed by atoms with Gasteiger partial charge in [0.05, 0.1) is 94.4 Å². The summed E-state index contributed by atoms with van der Waals surface area (Å²) in [6, 6.07) is 17.2. The molecule has 6 nitrogen and oxygen atoms in total. The first-order valence-corrected chi connectivity index (χ1v) is 34.4. The van der Waals surface area contributed by atoms with Gasteiger partial charge in [0.1, 0.15) is 0 Å². The normalized spacial score (nSPS) is 9.71. The largest absolute Gasteiger partial charge is 0.245 e. The zero-order valence-electron chi connectivity index (χ0n) is 55.2. The summed E-state index contributed by atoms with van der Waals surface area (Å²) < 4.78 is 7.98. The van der Waals surface area contributed by atoms with Crippen LogP contribution in [0, 0.1) is 111 Å². The van der Waals surface area contributed by atoms with Crippen LogP contribution in [-0.4, -0.2) is 29.9 Å². The summed E-state index contributed by atoms with van der Waals surface area (Å²) in [4.78, 5) is 25.8. The third-order valence-electron chi connectivity index (χ3n) is 13.4. The molecule has 0 unspecified atom stereocenters. The van der Waals surface area contributed by atoms with Gasteiger partial charge in [-0.25, -0.2) is 29.9 Å². The second-order valence-electron chi connectivity index (χ2n) is 18.1. The summed E-state index contributed by atoms with van der Waals surface area (Å²) in [5.74, 6) is 0. The predicted octanol–water partition coefficient (Wildman–Crippen LogP) is 24.9. The molecule has 12 aromatic rings. The molecule has 0 fully saturated rings. The highest BCUT2D eigenvalue weighted by atomic mass is 32.1. The maximum Gasteiger partial charge on any atom is 0.0846 e. The van der Waals surface area contributed by atoms with E-state index in [2.05, 4.69) is 189 Å². The van der Waals surface area contributed by atoms with E-state index in [0.29, 0.717) is 0 Å². The van der Waals surface area contributed by atoms with E-state index < -0.39 is 0 Å². The van der Waals surface area contributed by atoms with Crippen molar-refractivity contribution in [3.8, 4) is 0 Å². The standard InChI is InChI=1S/4C10H11NS.2C9H9NS.6C2H6/c2*1-6-4-9-10(12-5-11-9)8(3)7(6)2;1-6-4-7(2)10-9(8(6)3)11-5-12-10;1-6-4-7(2)9-10(8(6)3)12-5-11-9;1-6-3-4-8-9(7(6)2)11-5-10-8;1-6-3-4-7(2)9-8(6)10-5-11-9;6*1-2/h4*4-5H,1-3H3;2*3-5H,1-2H3;6*1-2H3. The van der Waals surface area contributed by atoms with Crippen molar-refractivity contribution in [2.24, 2.45) is 0 Å². The van der Waals surface area contributed by atoms with Gasteiger partial charge in [-0.05, 0) is 218 Å². The third kappa shape index (κ3) is 19.4. The highest BCUT2D eigenvalue weighted by Crippen LogP contribution is 2.31. The molecule has 0 aliphatic rings. The van der Waals surface area contributed by atoms with Crippen LogP contribution in [0.1, 0.15) is 172 Å². The summed E-state index contributed by atoms with van der Waals surface area (Å²) >= 11 is 10.3. The van der Waals surface area contributed by atoms with Crippen LogP contribution in [0.4, 0.5) is 0 Å². The maximum absolute atomic E-state index is 4.36. The van der Waals surface area contributed by atoms with Gasteiger partial charge >= 0.3 is 0 Å². The van der Waals surface area contributed by atoms with E-state index in [9.17, 15) is 0 Å². The number of benzene rings is 6. The molecule has 0 saturated carbocycles. The van der Waals surface area contributed by atoms with Crippen LogP contribution in [0.5, 0.6) is 0 Å². The Balaban J connectivity index is 0.000000474. The Morgan fingerprint density at radius 2 is 0.512 bits per heavy atom. The minimum Gasteiger partial charge on any atom is -0.245 e. The van der Waals surface area contributed by atoms with E-state index in [1.807, 2.05) is 116 Å². The Morgan fingerprint density at radius 1 is 0.207 bits per heavy atom. The molecule has 0 radical (unpaired) electrons. The van der Waals surface area contributed by atoms with Crippen LogP contribution >= 0.6 is 68.0 Å².